The van der Waals surface area contributed by atoms with Gasteiger partial charge in [-0.2, -0.15) is 21.0 Å². The molecule has 9 nitrogen and oxygen atoms in total. The second-order valence-corrected chi connectivity index (χ2v) is 10.8. The van der Waals surface area contributed by atoms with Gasteiger partial charge in [0.05, 0.1) is 0 Å². The van der Waals surface area contributed by atoms with Crippen LogP contribution in [0.15, 0.2) is 71.5 Å². The quantitative estimate of drug-likeness (QED) is 0.174. The second kappa shape index (κ2) is 14.2. The fourth-order valence-electron chi connectivity index (χ4n) is 5.47. The molecule has 12 heteroatoms. The molecule has 0 radical (unpaired) electrons. The van der Waals surface area contributed by atoms with Crippen LogP contribution < -0.4 is 80.8 Å². The number of nitrogens with one attached hydrogen (secondary N) is 3. The summed E-state index contributed by atoms with van der Waals surface area (Å²) in [6.07, 6.45) is 3.47. The molecule has 2 aliphatic carbocycles. The van der Waals surface area contributed by atoms with Crippen molar-refractivity contribution in [2.24, 2.45) is 5.73 Å². The molecular formula is C33H28ClN7Na2O2. The van der Waals surface area contributed by atoms with Gasteiger partial charge in [-0.1, -0.05) is 74.6 Å². The van der Waals surface area contributed by atoms with Crippen LogP contribution in [0.4, 0.5) is 29.0 Å². The number of aryl methyl sites for hydroxylation is 3. The summed E-state index contributed by atoms with van der Waals surface area (Å²) < 4.78 is 0. The molecule has 0 aliphatic heterocycles. The molecular weight excluding hydrogens is 608 g/mol. The molecule has 2 aliphatic rings. The minimum atomic E-state index is -0.689. The summed E-state index contributed by atoms with van der Waals surface area (Å²) in [5, 5.41) is 9.92. The fourth-order valence-corrected chi connectivity index (χ4v) is 5.63. The number of carbonyl (C=O) groups is 2. The van der Waals surface area contributed by atoms with E-state index in [9.17, 15) is 9.59 Å². The van der Waals surface area contributed by atoms with Crippen molar-refractivity contribution in [2.75, 3.05) is 16.0 Å². The standard InChI is InChI=1S/C33H28ClN7O2.2Na/c1-16-9-5-8-12-23(16)37-32-39-31(34)40-33(41-32)38-28-18(3)15-17(2)27(19(28)4)36-24-14-13-22(35)25-26(24)30(43)21-11-7-6-10-20(21)29(25)42;;/h5-14,22,36H,35H2,1-4H3,(H2,37,38,39,40,41);;/q-2;2*+1. The predicted molar refractivity (Wildman–Crippen MR) is 168 cm³/mol. The van der Waals surface area contributed by atoms with Gasteiger partial charge in [0.2, 0.25) is 17.2 Å². The number of anilines is 5. The SMILES string of the molecule is Cc1[c-]c(C)c(Nc2nc(Cl)nc(Nc3ccccc3C)n2)c(C)c1NC1=C[CH-]C(N)C2=C1C(=O)c1ccccc1C2=O.[Na+].[Na+]. The molecule has 0 saturated carbocycles. The Morgan fingerprint density at radius 1 is 0.800 bits per heavy atom. The fraction of sp³-hybridized carbons (Fsp3) is 0.152. The van der Waals surface area contributed by atoms with E-state index in [0.29, 0.717) is 34.1 Å². The van der Waals surface area contributed by atoms with Crippen molar-refractivity contribution in [2.45, 2.75) is 33.7 Å². The van der Waals surface area contributed by atoms with Crippen LogP contribution in [0.5, 0.6) is 0 Å². The predicted octanol–water partition coefficient (Wildman–Crippen LogP) is 0.271. The molecule has 6 rings (SSSR count). The van der Waals surface area contributed by atoms with Gasteiger partial charge in [0.25, 0.3) is 0 Å². The summed E-state index contributed by atoms with van der Waals surface area (Å²) >= 11 is 6.28. The van der Waals surface area contributed by atoms with Crippen LogP contribution >= 0.6 is 11.6 Å². The van der Waals surface area contributed by atoms with Gasteiger partial charge in [0.1, 0.15) is 0 Å². The molecule has 1 atom stereocenters. The third-order valence-corrected chi connectivity index (χ3v) is 7.77. The van der Waals surface area contributed by atoms with Crippen LogP contribution in [0, 0.1) is 40.2 Å². The van der Waals surface area contributed by atoms with Gasteiger partial charge in [-0.3, -0.25) is 9.59 Å². The Bertz CT molecular complexity index is 1910. The molecule has 0 amide bonds. The number of fused-ring (bicyclic) bond motifs is 1. The van der Waals surface area contributed by atoms with Gasteiger partial charge >= 0.3 is 59.1 Å². The maximum atomic E-state index is 13.7. The molecule has 0 spiro atoms. The van der Waals surface area contributed by atoms with Gasteiger partial charge < -0.3 is 21.7 Å². The van der Waals surface area contributed by atoms with Crippen LogP contribution in [-0.2, 0) is 0 Å². The third kappa shape index (κ3) is 6.77. The number of benzene rings is 3. The Morgan fingerprint density at radius 3 is 2.04 bits per heavy atom. The third-order valence-electron chi connectivity index (χ3n) is 7.60. The molecule has 1 unspecified atom stereocenters. The van der Waals surface area contributed by atoms with Crippen LogP contribution in [0.25, 0.3) is 0 Å². The van der Waals surface area contributed by atoms with E-state index < -0.39 is 6.04 Å². The van der Waals surface area contributed by atoms with Gasteiger partial charge in [-0.25, -0.2) is 12.5 Å². The van der Waals surface area contributed by atoms with Crippen molar-refractivity contribution in [1.82, 2.24) is 15.0 Å². The normalized spacial score (nSPS) is 15.1. The summed E-state index contributed by atoms with van der Waals surface area (Å²) in [6.45, 7) is 7.77. The topological polar surface area (TPSA) is 135 Å². The molecule has 0 bridgehead atoms. The number of Topliss-reactive ketones (excluding diaryl/α,β-unsaturated/α-hetero) is 2. The van der Waals surface area contributed by atoms with Crippen molar-refractivity contribution in [3.8, 4) is 0 Å². The average Bonchev–Trinajstić information content (AvgIpc) is 2.97. The van der Waals surface area contributed by atoms with Crippen molar-refractivity contribution < 1.29 is 68.7 Å². The minimum Gasteiger partial charge on any atom is -0.487 e. The summed E-state index contributed by atoms with van der Waals surface area (Å²) in [5.74, 6) is 0.0533. The molecule has 45 heavy (non-hydrogen) atoms. The Morgan fingerprint density at radius 2 is 1.38 bits per heavy atom. The average molecular weight is 636 g/mol. The summed E-state index contributed by atoms with van der Waals surface area (Å²) in [4.78, 5) is 40.1. The molecule has 0 fully saturated rings. The molecule has 3 aromatic carbocycles. The number of hydrogen-bond donors (Lipinski definition) is 4. The first-order chi connectivity index (χ1) is 20.6. The summed E-state index contributed by atoms with van der Waals surface area (Å²) in [5.41, 5.74) is 13.9. The molecule has 1 heterocycles. The van der Waals surface area contributed by atoms with Gasteiger partial charge in [0, 0.05) is 16.8 Å². The summed E-state index contributed by atoms with van der Waals surface area (Å²) in [7, 11) is 0. The number of hydrogen-bond acceptors (Lipinski definition) is 9. The van der Waals surface area contributed by atoms with Crippen molar-refractivity contribution >= 4 is 52.1 Å². The van der Waals surface area contributed by atoms with E-state index in [0.717, 1.165) is 27.9 Å². The molecule has 4 aromatic rings. The largest absolute Gasteiger partial charge is 1.00 e. The molecule has 1 aromatic heterocycles. The van der Waals surface area contributed by atoms with Gasteiger partial charge in [-0.15, -0.1) is 22.4 Å². The Kier molecular flexibility index (Phi) is 11.0. The molecule has 0 saturated heterocycles. The van der Waals surface area contributed by atoms with E-state index in [4.69, 9.17) is 17.3 Å². The monoisotopic (exact) mass is 635 g/mol. The van der Waals surface area contributed by atoms with Crippen LogP contribution in [-0.4, -0.2) is 32.6 Å². The van der Waals surface area contributed by atoms with E-state index in [-0.39, 0.29) is 93.1 Å². The number of para-hydroxylation sites is 1. The smallest absolute Gasteiger partial charge is 0.487 e. The zero-order valence-corrected chi connectivity index (χ0v) is 30.7. The molecule has 5 N–H and O–H groups in total. The van der Waals surface area contributed by atoms with Crippen LogP contribution in [0.2, 0.25) is 5.28 Å². The minimum absolute atomic E-state index is 0. The zero-order valence-electron chi connectivity index (χ0n) is 26.0. The molecule has 216 valence electrons. The number of carbonyl (C=O) groups excluding carboxylic acids is 2. The number of rotatable bonds is 6. The Hall–Kier alpha value is -2.99. The van der Waals surface area contributed by atoms with E-state index >= 15 is 0 Å². The van der Waals surface area contributed by atoms with Gasteiger partial charge in [0.15, 0.2) is 11.6 Å². The van der Waals surface area contributed by atoms with E-state index in [1.54, 1.807) is 36.8 Å². The van der Waals surface area contributed by atoms with Crippen molar-refractivity contribution in [3.05, 3.63) is 123 Å². The van der Waals surface area contributed by atoms with E-state index in [1.807, 2.05) is 52.0 Å². The zero-order chi connectivity index (χ0) is 30.4. The number of nitrogens with two attached hydrogens (primary N) is 1. The van der Waals surface area contributed by atoms with E-state index in [2.05, 4.69) is 37.0 Å². The number of aromatic nitrogens is 3. The van der Waals surface area contributed by atoms with E-state index in [1.165, 1.54) is 0 Å². The first-order valence-corrected chi connectivity index (χ1v) is 14.0. The summed E-state index contributed by atoms with van der Waals surface area (Å²) in [6, 6.07) is 17.3. The maximum absolute atomic E-state index is 13.7. The number of halogens is 1. The Balaban J connectivity index is 0.00000230. The van der Waals surface area contributed by atoms with Crippen LogP contribution in [0.3, 0.4) is 0 Å². The number of allylic oxidation sites excluding steroid dienone is 1. The maximum Gasteiger partial charge on any atom is 1.00 e. The van der Waals surface area contributed by atoms with Crippen molar-refractivity contribution in [3.63, 3.8) is 0 Å². The number of ketones is 2. The van der Waals surface area contributed by atoms with Crippen LogP contribution in [0.1, 0.15) is 43.0 Å². The van der Waals surface area contributed by atoms with Crippen molar-refractivity contribution in [1.29, 1.82) is 0 Å². The Labute approximate surface area is 311 Å². The first-order valence-electron chi connectivity index (χ1n) is 13.7. The van der Waals surface area contributed by atoms with Gasteiger partial charge in [-0.05, 0) is 47.3 Å². The second-order valence-electron chi connectivity index (χ2n) is 10.5. The first kappa shape index (κ1) is 34.9. The number of nitrogens with zero attached hydrogens (tertiary/aromatic N) is 3.